The summed E-state index contributed by atoms with van der Waals surface area (Å²) in [5.41, 5.74) is 0. The van der Waals surface area contributed by atoms with E-state index in [0.29, 0.717) is 0 Å². The van der Waals surface area contributed by atoms with Crippen LogP contribution in [0.25, 0.3) is 0 Å². The monoisotopic (exact) mass is 361 g/mol. The molecule has 0 amide bonds. The van der Waals surface area contributed by atoms with E-state index in [4.69, 9.17) is 0 Å². The van der Waals surface area contributed by atoms with Crippen molar-refractivity contribution < 1.29 is 0 Å². The molecule has 0 fully saturated rings. The van der Waals surface area contributed by atoms with Crippen molar-refractivity contribution in [2.45, 2.75) is 20.4 Å². The van der Waals surface area contributed by atoms with Crippen molar-refractivity contribution >= 4 is 27.3 Å². The summed E-state index contributed by atoms with van der Waals surface area (Å²) >= 11 is 5.30. The number of rotatable bonds is 10. The summed E-state index contributed by atoms with van der Waals surface area (Å²) in [5.74, 6) is 0.727. The molecule has 0 saturated heterocycles. The Balaban J connectivity index is 2.23. The zero-order valence-electron chi connectivity index (χ0n) is 13.2. The third-order valence-electron chi connectivity index (χ3n) is 3.01. The number of nitrogens with zero attached hydrogens (tertiary/aromatic N) is 2. The molecule has 0 radical (unpaired) electrons. The van der Waals surface area contributed by atoms with E-state index in [9.17, 15) is 0 Å². The molecule has 0 aliphatic carbocycles. The van der Waals surface area contributed by atoms with Gasteiger partial charge in [-0.05, 0) is 42.0 Å². The van der Waals surface area contributed by atoms with Gasteiger partial charge in [0, 0.05) is 54.0 Å². The quantitative estimate of drug-likeness (QED) is 0.645. The Morgan fingerprint density at radius 1 is 1.25 bits per heavy atom. The van der Waals surface area contributed by atoms with Crippen LogP contribution in [0.5, 0.6) is 0 Å². The van der Waals surface area contributed by atoms with Crippen LogP contribution in [0.4, 0.5) is 0 Å². The third-order valence-corrected chi connectivity index (χ3v) is 4.71. The average Bonchev–Trinajstić information content (AvgIpc) is 2.76. The predicted molar refractivity (Wildman–Crippen MR) is 93.6 cm³/mol. The second-order valence-electron chi connectivity index (χ2n) is 5.91. The minimum atomic E-state index is 0.727. The lowest BCUT2D eigenvalue weighted by Crippen LogP contribution is -2.38. The summed E-state index contributed by atoms with van der Waals surface area (Å²) in [6.07, 6.45) is 0. The molecule has 3 nitrogen and oxygen atoms in total. The lowest BCUT2D eigenvalue weighted by Gasteiger charge is -2.25. The van der Waals surface area contributed by atoms with Gasteiger partial charge >= 0.3 is 0 Å². The predicted octanol–water partition coefficient (Wildman–Crippen LogP) is 3.12. The number of likely N-dealkylation sites (N-methyl/N-ethyl adjacent to an activating group) is 1. The van der Waals surface area contributed by atoms with Crippen LogP contribution in [0.2, 0.25) is 0 Å². The Kier molecular flexibility index (Phi) is 8.96. The highest BCUT2D eigenvalue weighted by Crippen LogP contribution is 2.19. The molecular formula is C15H28BrN3S. The van der Waals surface area contributed by atoms with Gasteiger partial charge in [0.2, 0.25) is 0 Å². The van der Waals surface area contributed by atoms with Crippen LogP contribution >= 0.6 is 27.3 Å². The van der Waals surface area contributed by atoms with E-state index >= 15 is 0 Å². The largest absolute Gasteiger partial charge is 0.311 e. The topological polar surface area (TPSA) is 18.5 Å². The molecule has 0 saturated carbocycles. The van der Waals surface area contributed by atoms with Gasteiger partial charge in [-0.1, -0.05) is 13.8 Å². The highest BCUT2D eigenvalue weighted by molar-refractivity contribution is 9.10. The molecule has 0 aromatic carbocycles. The van der Waals surface area contributed by atoms with Gasteiger partial charge < -0.3 is 15.1 Å². The van der Waals surface area contributed by atoms with Crippen LogP contribution < -0.4 is 5.32 Å². The minimum absolute atomic E-state index is 0.727. The average molecular weight is 362 g/mol. The van der Waals surface area contributed by atoms with Gasteiger partial charge in [-0.25, -0.2) is 0 Å². The highest BCUT2D eigenvalue weighted by atomic mass is 79.9. The first-order chi connectivity index (χ1) is 9.47. The Bertz CT molecular complexity index is 366. The van der Waals surface area contributed by atoms with E-state index < -0.39 is 0 Å². The molecule has 0 unspecified atom stereocenters. The first-order valence-corrected chi connectivity index (χ1v) is 8.95. The van der Waals surface area contributed by atoms with Crippen LogP contribution in [0.3, 0.4) is 0 Å². The summed E-state index contributed by atoms with van der Waals surface area (Å²) in [7, 11) is 4.28. The molecule has 0 atom stereocenters. The molecule has 0 bridgehead atoms. The fourth-order valence-electron chi connectivity index (χ4n) is 2.05. The smallest absolute Gasteiger partial charge is 0.0300 e. The summed E-state index contributed by atoms with van der Waals surface area (Å²) in [4.78, 5) is 6.20. The number of halogens is 1. The number of thiophene rings is 1. The maximum Gasteiger partial charge on any atom is 0.0300 e. The van der Waals surface area contributed by atoms with Gasteiger partial charge in [-0.2, -0.15) is 0 Å². The number of hydrogen-bond donors (Lipinski definition) is 1. The Labute approximate surface area is 136 Å². The molecule has 1 aromatic heterocycles. The summed E-state index contributed by atoms with van der Waals surface area (Å²) in [6.45, 7) is 11.2. The molecule has 1 N–H and O–H groups in total. The van der Waals surface area contributed by atoms with Gasteiger partial charge in [0.1, 0.15) is 0 Å². The SMILES string of the molecule is CC(C)CN(CCNCc1cc(Br)cs1)CCN(C)C. The third kappa shape index (κ3) is 8.37. The van der Waals surface area contributed by atoms with Crippen molar-refractivity contribution in [1.82, 2.24) is 15.1 Å². The van der Waals surface area contributed by atoms with E-state index in [-0.39, 0.29) is 0 Å². The minimum Gasteiger partial charge on any atom is -0.311 e. The molecule has 1 rings (SSSR count). The van der Waals surface area contributed by atoms with Crippen molar-refractivity contribution in [3.8, 4) is 0 Å². The molecule has 0 spiro atoms. The Morgan fingerprint density at radius 3 is 2.55 bits per heavy atom. The molecule has 20 heavy (non-hydrogen) atoms. The van der Waals surface area contributed by atoms with E-state index in [2.05, 4.69) is 70.4 Å². The fourth-order valence-corrected chi connectivity index (χ4v) is 3.47. The first-order valence-electron chi connectivity index (χ1n) is 7.28. The first kappa shape index (κ1) is 18.1. The van der Waals surface area contributed by atoms with Gasteiger partial charge in [0.05, 0.1) is 0 Å². The van der Waals surface area contributed by atoms with E-state index in [0.717, 1.165) is 38.6 Å². The zero-order valence-corrected chi connectivity index (χ0v) is 15.6. The van der Waals surface area contributed by atoms with E-state index in [1.54, 1.807) is 11.3 Å². The second kappa shape index (κ2) is 9.90. The second-order valence-corrected chi connectivity index (χ2v) is 7.82. The Hall–Kier alpha value is 0.0600. The van der Waals surface area contributed by atoms with Crippen molar-refractivity contribution in [1.29, 1.82) is 0 Å². The van der Waals surface area contributed by atoms with Gasteiger partial charge in [0.25, 0.3) is 0 Å². The number of nitrogens with one attached hydrogen (secondary N) is 1. The molecule has 1 heterocycles. The normalized spacial score (nSPS) is 12.0. The van der Waals surface area contributed by atoms with Crippen molar-refractivity contribution in [2.75, 3.05) is 46.8 Å². The fraction of sp³-hybridized carbons (Fsp3) is 0.733. The van der Waals surface area contributed by atoms with Gasteiger partial charge in [0.15, 0.2) is 0 Å². The molecule has 1 aromatic rings. The molecule has 116 valence electrons. The maximum absolute atomic E-state index is 3.54. The van der Waals surface area contributed by atoms with Gasteiger partial charge in [-0.15, -0.1) is 11.3 Å². The lowest BCUT2D eigenvalue weighted by molar-refractivity contribution is 0.219. The summed E-state index contributed by atoms with van der Waals surface area (Å²) in [5, 5.41) is 5.68. The van der Waals surface area contributed by atoms with E-state index in [1.165, 1.54) is 15.9 Å². The molecule has 5 heteroatoms. The standard InChI is InChI=1S/C15H28BrN3S/c1-13(2)11-19(8-7-18(3)4)6-5-17-10-15-9-14(16)12-20-15/h9,12-13,17H,5-8,10-11H2,1-4H3. The van der Waals surface area contributed by atoms with Crippen molar-refractivity contribution in [3.05, 3.63) is 20.8 Å². The van der Waals surface area contributed by atoms with Crippen LogP contribution in [-0.2, 0) is 6.54 Å². The Morgan fingerprint density at radius 2 is 2.00 bits per heavy atom. The molecule has 0 aliphatic rings. The zero-order chi connectivity index (χ0) is 15.0. The van der Waals surface area contributed by atoms with Crippen LogP contribution in [-0.4, -0.2) is 56.6 Å². The van der Waals surface area contributed by atoms with Crippen molar-refractivity contribution in [2.24, 2.45) is 5.92 Å². The summed E-state index contributed by atoms with van der Waals surface area (Å²) < 4.78 is 1.19. The van der Waals surface area contributed by atoms with E-state index in [1.807, 2.05) is 0 Å². The number of hydrogen-bond acceptors (Lipinski definition) is 4. The van der Waals surface area contributed by atoms with Crippen LogP contribution in [0.1, 0.15) is 18.7 Å². The van der Waals surface area contributed by atoms with Crippen LogP contribution in [0, 0.1) is 5.92 Å². The highest BCUT2D eigenvalue weighted by Gasteiger charge is 2.07. The maximum atomic E-state index is 3.54. The molecular weight excluding hydrogens is 334 g/mol. The van der Waals surface area contributed by atoms with Crippen molar-refractivity contribution in [3.63, 3.8) is 0 Å². The summed E-state index contributed by atoms with van der Waals surface area (Å²) in [6, 6.07) is 2.19. The lowest BCUT2D eigenvalue weighted by atomic mass is 10.2. The van der Waals surface area contributed by atoms with Gasteiger partial charge in [-0.3, -0.25) is 0 Å². The van der Waals surface area contributed by atoms with Crippen LogP contribution in [0.15, 0.2) is 15.9 Å². The molecule has 0 aliphatic heterocycles.